The van der Waals surface area contributed by atoms with Crippen LogP contribution in [-0.4, -0.2) is 35.5 Å². The summed E-state index contributed by atoms with van der Waals surface area (Å²) in [6, 6.07) is 6.19. The number of rotatable bonds is 3. The minimum Gasteiger partial charge on any atom is -0.368 e. The van der Waals surface area contributed by atoms with Gasteiger partial charge in [0.15, 0.2) is 0 Å². The van der Waals surface area contributed by atoms with E-state index in [-0.39, 0.29) is 11.7 Å². The summed E-state index contributed by atoms with van der Waals surface area (Å²) in [6.07, 6.45) is 2.56. The van der Waals surface area contributed by atoms with Gasteiger partial charge in [-0.1, -0.05) is 6.92 Å². The summed E-state index contributed by atoms with van der Waals surface area (Å²) in [5.41, 5.74) is 1.82. The molecule has 0 bridgehead atoms. The highest BCUT2D eigenvalue weighted by Crippen LogP contribution is 2.34. The summed E-state index contributed by atoms with van der Waals surface area (Å²) in [7, 11) is 0. The number of benzene rings is 1. The quantitative estimate of drug-likeness (QED) is 0.874. The Kier molecular flexibility index (Phi) is 4.23. The molecule has 5 nitrogen and oxygen atoms in total. The van der Waals surface area contributed by atoms with E-state index in [9.17, 15) is 9.18 Å². The molecular formula is C17H19FN4O. The summed E-state index contributed by atoms with van der Waals surface area (Å²) in [6.45, 7) is 5.96. The van der Waals surface area contributed by atoms with Gasteiger partial charge < -0.3 is 9.80 Å². The van der Waals surface area contributed by atoms with Crippen LogP contribution in [0.5, 0.6) is 0 Å². The second-order valence-electron chi connectivity index (χ2n) is 5.57. The van der Waals surface area contributed by atoms with Crippen molar-refractivity contribution in [3.8, 4) is 0 Å². The fourth-order valence-electron chi connectivity index (χ4n) is 2.87. The van der Waals surface area contributed by atoms with Crippen LogP contribution < -0.4 is 9.80 Å². The number of fused-ring (bicyclic) bond motifs is 1. The van der Waals surface area contributed by atoms with Crippen molar-refractivity contribution in [2.24, 2.45) is 0 Å². The third kappa shape index (κ3) is 3.02. The van der Waals surface area contributed by atoms with Crippen LogP contribution >= 0.6 is 0 Å². The zero-order valence-corrected chi connectivity index (χ0v) is 13.3. The monoisotopic (exact) mass is 314 g/mol. The number of carbonyl (C=O) groups excluding carboxylic acids is 1. The molecule has 2 aromatic rings. The van der Waals surface area contributed by atoms with E-state index in [0.29, 0.717) is 23.8 Å². The highest BCUT2D eigenvalue weighted by molar-refractivity contribution is 6.07. The zero-order valence-electron chi connectivity index (χ0n) is 13.3. The SMILES string of the molecule is CCCN1CCN(C(=O)c2ccnc(C)n2)c2cc(F)ccc21. The first-order chi connectivity index (χ1) is 11.1. The van der Waals surface area contributed by atoms with Crippen molar-refractivity contribution >= 4 is 17.3 Å². The van der Waals surface area contributed by atoms with Gasteiger partial charge >= 0.3 is 0 Å². The number of hydrogen-bond donors (Lipinski definition) is 0. The summed E-state index contributed by atoms with van der Waals surface area (Å²) in [4.78, 5) is 24.8. The number of carbonyl (C=O) groups is 1. The summed E-state index contributed by atoms with van der Waals surface area (Å²) in [5.74, 6) is -0.0304. The average Bonchev–Trinajstić information content (AvgIpc) is 2.54. The maximum atomic E-state index is 13.7. The van der Waals surface area contributed by atoms with Crippen LogP contribution in [0.2, 0.25) is 0 Å². The second-order valence-corrected chi connectivity index (χ2v) is 5.57. The highest BCUT2D eigenvalue weighted by Gasteiger charge is 2.28. The number of hydrogen-bond acceptors (Lipinski definition) is 4. The molecule has 2 heterocycles. The Bertz CT molecular complexity index is 734. The van der Waals surface area contributed by atoms with Crippen molar-refractivity contribution in [3.63, 3.8) is 0 Å². The highest BCUT2D eigenvalue weighted by atomic mass is 19.1. The first kappa shape index (κ1) is 15.4. The smallest absolute Gasteiger partial charge is 0.277 e. The minimum atomic E-state index is -0.348. The number of nitrogens with zero attached hydrogens (tertiary/aromatic N) is 4. The third-order valence-corrected chi connectivity index (χ3v) is 3.90. The van der Waals surface area contributed by atoms with Gasteiger partial charge in [-0.05, 0) is 37.6 Å². The molecule has 0 saturated carbocycles. The Labute approximate surface area is 134 Å². The van der Waals surface area contributed by atoms with Crippen LogP contribution in [0, 0.1) is 12.7 Å². The van der Waals surface area contributed by atoms with Crippen LogP contribution in [0.1, 0.15) is 29.7 Å². The number of aromatic nitrogens is 2. The van der Waals surface area contributed by atoms with E-state index in [2.05, 4.69) is 21.8 Å². The van der Waals surface area contributed by atoms with Crippen LogP contribution in [0.25, 0.3) is 0 Å². The molecule has 1 aromatic heterocycles. The van der Waals surface area contributed by atoms with Crippen molar-refractivity contribution in [2.75, 3.05) is 29.4 Å². The molecule has 1 amide bonds. The largest absolute Gasteiger partial charge is 0.368 e. The molecule has 1 aromatic carbocycles. The first-order valence-electron chi connectivity index (χ1n) is 7.76. The van der Waals surface area contributed by atoms with Crippen LogP contribution in [0.3, 0.4) is 0 Å². The van der Waals surface area contributed by atoms with Crippen molar-refractivity contribution in [1.29, 1.82) is 0 Å². The Morgan fingerprint density at radius 3 is 2.83 bits per heavy atom. The van der Waals surface area contributed by atoms with E-state index in [0.717, 1.165) is 25.2 Å². The standard InChI is InChI=1S/C17H19FN4O/c1-3-8-21-9-10-22(16-11-13(18)4-5-15(16)21)17(23)14-6-7-19-12(2)20-14/h4-7,11H,3,8-10H2,1-2H3. The van der Waals surface area contributed by atoms with E-state index >= 15 is 0 Å². The van der Waals surface area contributed by atoms with Crippen LogP contribution in [-0.2, 0) is 0 Å². The fourth-order valence-corrected chi connectivity index (χ4v) is 2.87. The lowest BCUT2D eigenvalue weighted by Gasteiger charge is -2.37. The van der Waals surface area contributed by atoms with E-state index in [1.165, 1.54) is 12.1 Å². The lowest BCUT2D eigenvalue weighted by molar-refractivity contribution is 0.0981. The second kappa shape index (κ2) is 6.32. The molecule has 0 aliphatic carbocycles. The fraction of sp³-hybridized carbons (Fsp3) is 0.353. The van der Waals surface area contributed by atoms with Gasteiger partial charge in [0.25, 0.3) is 5.91 Å². The molecule has 23 heavy (non-hydrogen) atoms. The Morgan fingerprint density at radius 2 is 2.09 bits per heavy atom. The molecule has 3 rings (SSSR count). The van der Waals surface area contributed by atoms with Gasteiger partial charge in [-0.15, -0.1) is 0 Å². The number of amides is 1. The van der Waals surface area contributed by atoms with E-state index < -0.39 is 0 Å². The van der Waals surface area contributed by atoms with Crippen molar-refractivity contribution in [1.82, 2.24) is 9.97 Å². The number of aryl methyl sites for hydroxylation is 1. The summed E-state index contributed by atoms with van der Waals surface area (Å²) < 4.78 is 13.7. The Balaban J connectivity index is 1.99. The van der Waals surface area contributed by atoms with Gasteiger partial charge in [-0.2, -0.15) is 0 Å². The average molecular weight is 314 g/mol. The molecule has 0 atom stereocenters. The van der Waals surface area contributed by atoms with Crippen molar-refractivity contribution in [3.05, 3.63) is 47.8 Å². The Hall–Kier alpha value is -2.50. The lowest BCUT2D eigenvalue weighted by atomic mass is 10.1. The molecule has 120 valence electrons. The van der Waals surface area contributed by atoms with Crippen LogP contribution in [0.15, 0.2) is 30.5 Å². The van der Waals surface area contributed by atoms with Crippen molar-refractivity contribution in [2.45, 2.75) is 20.3 Å². The molecule has 0 radical (unpaired) electrons. The predicted octanol–water partition coefficient (Wildman–Crippen LogP) is 2.80. The maximum Gasteiger partial charge on any atom is 0.277 e. The van der Waals surface area contributed by atoms with Gasteiger partial charge in [0.2, 0.25) is 0 Å². The molecule has 0 N–H and O–H groups in total. The van der Waals surface area contributed by atoms with Crippen molar-refractivity contribution < 1.29 is 9.18 Å². The first-order valence-corrected chi connectivity index (χ1v) is 7.76. The van der Waals surface area contributed by atoms with Gasteiger partial charge in [-0.25, -0.2) is 14.4 Å². The topological polar surface area (TPSA) is 49.3 Å². The maximum absolute atomic E-state index is 13.7. The summed E-state index contributed by atoms with van der Waals surface area (Å²) in [5, 5.41) is 0. The predicted molar refractivity (Wildman–Crippen MR) is 87.3 cm³/mol. The lowest BCUT2D eigenvalue weighted by Crippen LogP contribution is -2.44. The molecular weight excluding hydrogens is 295 g/mol. The van der Waals surface area contributed by atoms with Gasteiger partial charge in [0, 0.05) is 25.8 Å². The molecule has 1 aliphatic rings. The van der Waals surface area contributed by atoms with Gasteiger partial charge in [-0.3, -0.25) is 4.79 Å². The van der Waals surface area contributed by atoms with Crippen LogP contribution in [0.4, 0.5) is 15.8 Å². The minimum absolute atomic E-state index is 0.224. The molecule has 1 aliphatic heterocycles. The molecule has 0 spiro atoms. The number of halogens is 1. The Morgan fingerprint density at radius 1 is 1.26 bits per heavy atom. The van der Waals surface area contributed by atoms with Gasteiger partial charge in [0.05, 0.1) is 11.4 Å². The van der Waals surface area contributed by atoms with E-state index in [4.69, 9.17) is 0 Å². The third-order valence-electron chi connectivity index (χ3n) is 3.90. The normalized spacial score (nSPS) is 13.9. The van der Waals surface area contributed by atoms with E-state index in [1.54, 1.807) is 30.2 Å². The zero-order chi connectivity index (χ0) is 16.4. The van der Waals surface area contributed by atoms with Gasteiger partial charge in [0.1, 0.15) is 17.3 Å². The molecule has 0 fully saturated rings. The molecule has 0 saturated heterocycles. The molecule has 6 heteroatoms. The van der Waals surface area contributed by atoms with E-state index in [1.807, 2.05) is 0 Å². The number of anilines is 2. The molecule has 0 unspecified atom stereocenters. The summed E-state index contributed by atoms with van der Waals surface area (Å²) >= 11 is 0.